The highest BCUT2D eigenvalue weighted by Gasteiger charge is 2.19. The predicted octanol–water partition coefficient (Wildman–Crippen LogP) is 5.45. The number of benzene rings is 2. The van der Waals surface area contributed by atoms with Crippen molar-refractivity contribution in [3.05, 3.63) is 94.6 Å². The van der Waals surface area contributed by atoms with Crippen LogP contribution in [0.4, 0.5) is 4.39 Å². The largest absolute Gasteiger partial charge is 0.345 e. The molecule has 1 atom stereocenters. The summed E-state index contributed by atoms with van der Waals surface area (Å²) in [4.78, 5) is 12.8. The third-order valence-corrected chi connectivity index (χ3v) is 6.27. The summed E-state index contributed by atoms with van der Waals surface area (Å²) in [5, 5.41) is 10.8. The molecule has 5 nitrogen and oxygen atoms in total. The van der Waals surface area contributed by atoms with Crippen molar-refractivity contribution in [2.24, 2.45) is 0 Å². The molecule has 2 N–H and O–H groups in total. The molecule has 1 saturated heterocycles. The fourth-order valence-corrected chi connectivity index (χ4v) is 4.28. The van der Waals surface area contributed by atoms with E-state index in [1.54, 1.807) is 17.1 Å². The summed E-state index contributed by atoms with van der Waals surface area (Å²) in [7, 11) is 0. The normalized spacial score (nSPS) is 15.1. The zero-order valence-corrected chi connectivity index (χ0v) is 20.4. The Hall–Kier alpha value is -3.25. The SMILES string of the molecule is C[C@@H](NC(=O)c1cnn(C(C)(C)C)c1)c1ccc(C(=C2CCNCC2)c2ccc(F)cc2)cc1. The molecule has 2 aromatic carbocycles. The van der Waals surface area contributed by atoms with Crippen molar-refractivity contribution in [1.82, 2.24) is 20.4 Å². The van der Waals surface area contributed by atoms with E-state index in [0.29, 0.717) is 5.56 Å². The van der Waals surface area contributed by atoms with Crippen LogP contribution in [0.1, 0.15) is 73.6 Å². The number of nitrogens with zero attached hydrogens (tertiary/aromatic N) is 2. The van der Waals surface area contributed by atoms with Gasteiger partial charge in [-0.1, -0.05) is 42.0 Å². The topological polar surface area (TPSA) is 59.0 Å². The maximum absolute atomic E-state index is 13.6. The van der Waals surface area contributed by atoms with Gasteiger partial charge in [-0.3, -0.25) is 9.48 Å². The number of carbonyl (C=O) groups is 1. The lowest BCUT2D eigenvalue weighted by atomic mass is 9.88. The van der Waals surface area contributed by atoms with E-state index in [0.717, 1.165) is 42.6 Å². The number of hydrogen-bond acceptors (Lipinski definition) is 3. The Morgan fingerprint density at radius 2 is 1.59 bits per heavy atom. The number of carbonyl (C=O) groups excluding carboxylic acids is 1. The molecule has 0 radical (unpaired) electrons. The number of halogens is 1. The van der Waals surface area contributed by atoms with E-state index in [1.165, 1.54) is 23.3 Å². The highest BCUT2D eigenvalue weighted by atomic mass is 19.1. The molecule has 0 aliphatic carbocycles. The summed E-state index contributed by atoms with van der Waals surface area (Å²) in [6, 6.07) is 14.9. The van der Waals surface area contributed by atoms with Gasteiger partial charge in [-0.25, -0.2) is 4.39 Å². The van der Waals surface area contributed by atoms with E-state index in [9.17, 15) is 9.18 Å². The van der Waals surface area contributed by atoms with Crippen LogP contribution < -0.4 is 10.6 Å². The first-order valence-corrected chi connectivity index (χ1v) is 11.9. The molecule has 1 amide bonds. The van der Waals surface area contributed by atoms with Crippen LogP contribution in [0, 0.1) is 5.82 Å². The van der Waals surface area contributed by atoms with Crippen molar-refractivity contribution < 1.29 is 9.18 Å². The van der Waals surface area contributed by atoms with E-state index in [2.05, 4.69) is 40.0 Å². The third-order valence-electron chi connectivity index (χ3n) is 6.27. The average Bonchev–Trinajstić information content (AvgIpc) is 3.33. The van der Waals surface area contributed by atoms with E-state index < -0.39 is 0 Å². The molecule has 0 bridgehead atoms. The molecular weight excluding hydrogens is 427 g/mol. The van der Waals surface area contributed by atoms with Gasteiger partial charge in [0.25, 0.3) is 5.91 Å². The second-order valence-corrected chi connectivity index (χ2v) is 9.90. The minimum absolute atomic E-state index is 0.143. The summed E-state index contributed by atoms with van der Waals surface area (Å²) in [5.74, 6) is -0.373. The van der Waals surface area contributed by atoms with E-state index >= 15 is 0 Å². The number of aromatic nitrogens is 2. The van der Waals surface area contributed by atoms with E-state index in [-0.39, 0.29) is 23.3 Å². The van der Waals surface area contributed by atoms with Crippen LogP contribution in [0.25, 0.3) is 5.57 Å². The fourth-order valence-electron chi connectivity index (χ4n) is 4.28. The minimum atomic E-state index is -0.230. The average molecular weight is 461 g/mol. The Kier molecular flexibility index (Phi) is 6.98. The van der Waals surface area contributed by atoms with E-state index in [1.807, 2.05) is 39.8 Å². The lowest BCUT2D eigenvalue weighted by Crippen LogP contribution is -2.27. The van der Waals surface area contributed by atoms with Crippen molar-refractivity contribution >= 4 is 11.5 Å². The molecule has 1 aromatic heterocycles. The van der Waals surface area contributed by atoms with Crippen molar-refractivity contribution in [3.63, 3.8) is 0 Å². The summed E-state index contributed by atoms with van der Waals surface area (Å²) < 4.78 is 15.4. The summed E-state index contributed by atoms with van der Waals surface area (Å²) in [6.07, 6.45) is 5.34. The Morgan fingerprint density at radius 3 is 2.15 bits per heavy atom. The van der Waals surface area contributed by atoms with Gasteiger partial charge in [-0.05, 0) is 88.0 Å². The maximum Gasteiger partial charge on any atom is 0.254 e. The van der Waals surface area contributed by atoms with Gasteiger partial charge in [0, 0.05) is 6.20 Å². The molecule has 1 aliphatic heterocycles. The maximum atomic E-state index is 13.6. The van der Waals surface area contributed by atoms with Crippen LogP contribution in [-0.4, -0.2) is 28.8 Å². The first kappa shape index (κ1) is 23.9. The molecule has 178 valence electrons. The Labute approximate surface area is 201 Å². The number of piperidine rings is 1. The molecule has 2 heterocycles. The fraction of sp³-hybridized carbons (Fsp3) is 0.357. The molecule has 6 heteroatoms. The van der Waals surface area contributed by atoms with Gasteiger partial charge in [0.2, 0.25) is 0 Å². The molecule has 1 aliphatic rings. The summed E-state index contributed by atoms with van der Waals surface area (Å²) in [5.41, 5.74) is 6.10. The number of nitrogens with one attached hydrogen (secondary N) is 2. The third kappa shape index (κ3) is 5.45. The first-order chi connectivity index (χ1) is 16.2. The van der Waals surface area contributed by atoms with Crippen molar-refractivity contribution in [1.29, 1.82) is 0 Å². The van der Waals surface area contributed by atoms with Gasteiger partial charge in [0.15, 0.2) is 0 Å². The molecule has 0 spiro atoms. The lowest BCUT2D eigenvalue weighted by Gasteiger charge is -2.22. The Bertz CT molecular complexity index is 1160. The van der Waals surface area contributed by atoms with Crippen LogP contribution in [0.15, 0.2) is 66.5 Å². The smallest absolute Gasteiger partial charge is 0.254 e. The van der Waals surface area contributed by atoms with Gasteiger partial charge in [-0.2, -0.15) is 5.10 Å². The predicted molar refractivity (Wildman–Crippen MR) is 134 cm³/mol. The minimum Gasteiger partial charge on any atom is -0.345 e. The highest BCUT2D eigenvalue weighted by molar-refractivity contribution is 5.94. The molecule has 3 aromatic rings. The van der Waals surface area contributed by atoms with Crippen LogP contribution in [-0.2, 0) is 5.54 Å². The monoisotopic (exact) mass is 460 g/mol. The Balaban J connectivity index is 1.54. The first-order valence-electron chi connectivity index (χ1n) is 11.9. The molecule has 0 unspecified atom stereocenters. The number of rotatable bonds is 5. The van der Waals surface area contributed by atoms with Crippen molar-refractivity contribution in [2.75, 3.05) is 13.1 Å². The standard InChI is InChI=1S/C28H33FN4O/c1-19(32-27(34)24-17-31-33(18-24)28(2,3)4)20-5-7-21(8-6-20)26(23-13-15-30-16-14-23)22-9-11-25(29)12-10-22/h5-12,17-19,30H,13-16H2,1-4H3,(H,32,34)/t19-/m1/s1. The van der Waals surface area contributed by atoms with Gasteiger partial charge < -0.3 is 10.6 Å². The van der Waals surface area contributed by atoms with Crippen molar-refractivity contribution in [3.8, 4) is 0 Å². The van der Waals surface area contributed by atoms with Crippen LogP contribution in [0.3, 0.4) is 0 Å². The zero-order chi connectivity index (χ0) is 24.3. The second-order valence-electron chi connectivity index (χ2n) is 9.90. The number of hydrogen-bond donors (Lipinski definition) is 2. The van der Waals surface area contributed by atoms with E-state index in [4.69, 9.17) is 0 Å². The summed E-state index contributed by atoms with van der Waals surface area (Å²) in [6.45, 7) is 10.0. The van der Waals surface area contributed by atoms with Gasteiger partial charge in [0.1, 0.15) is 5.82 Å². The molecule has 34 heavy (non-hydrogen) atoms. The zero-order valence-electron chi connectivity index (χ0n) is 20.4. The van der Waals surface area contributed by atoms with Crippen LogP contribution in [0.2, 0.25) is 0 Å². The quantitative estimate of drug-likeness (QED) is 0.532. The lowest BCUT2D eigenvalue weighted by molar-refractivity contribution is 0.0939. The molecular formula is C28H33FN4O. The van der Waals surface area contributed by atoms with Crippen LogP contribution >= 0.6 is 0 Å². The number of amides is 1. The van der Waals surface area contributed by atoms with Gasteiger partial charge >= 0.3 is 0 Å². The van der Waals surface area contributed by atoms with Gasteiger partial charge in [0.05, 0.1) is 23.3 Å². The Morgan fingerprint density at radius 1 is 1.00 bits per heavy atom. The second kappa shape index (κ2) is 9.94. The van der Waals surface area contributed by atoms with Gasteiger partial charge in [-0.15, -0.1) is 0 Å². The molecule has 0 saturated carbocycles. The highest BCUT2D eigenvalue weighted by Crippen LogP contribution is 2.32. The molecule has 1 fully saturated rings. The summed E-state index contributed by atoms with van der Waals surface area (Å²) >= 11 is 0. The van der Waals surface area contributed by atoms with Crippen LogP contribution in [0.5, 0.6) is 0 Å². The molecule has 4 rings (SSSR count). The van der Waals surface area contributed by atoms with Crippen molar-refractivity contribution in [2.45, 2.75) is 52.1 Å².